The minimum atomic E-state index is -0.363. The van der Waals surface area contributed by atoms with Crippen LogP contribution in [0.2, 0.25) is 0 Å². The molecule has 6 heteroatoms. The second-order valence-electron chi connectivity index (χ2n) is 6.92. The van der Waals surface area contributed by atoms with Crippen LogP contribution in [0.1, 0.15) is 34.1 Å². The zero-order valence-corrected chi connectivity index (χ0v) is 16.1. The summed E-state index contributed by atoms with van der Waals surface area (Å²) < 4.78 is 0. The molecule has 26 heavy (non-hydrogen) atoms. The number of rotatable bonds is 6. The zero-order chi connectivity index (χ0) is 18.5. The highest BCUT2D eigenvalue weighted by Crippen LogP contribution is 2.22. The van der Waals surface area contributed by atoms with Gasteiger partial charge >= 0.3 is 0 Å². The van der Waals surface area contributed by atoms with Gasteiger partial charge in [-0.15, -0.1) is 11.3 Å². The van der Waals surface area contributed by atoms with E-state index in [0.717, 1.165) is 12.8 Å². The minimum absolute atomic E-state index is 0.0320. The molecule has 138 valence electrons. The molecule has 0 bridgehead atoms. The highest BCUT2D eigenvalue weighted by Gasteiger charge is 2.35. The molecule has 0 aliphatic carbocycles. The van der Waals surface area contributed by atoms with Gasteiger partial charge in [0.2, 0.25) is 5.91 Å². The number of hydrogen-bond donors (Lipinski definition) is 2. The van der Waals surface area contributed by atoms with Gasteiger partial charge in [-0.3, -0.25) is 9.59 Å². The molecule has 1 aromatic carbocycles. The molecule has 0 spiro atoms. The van der Waals surface area contributed by atoms with Gasteiger partial charge in [0.25, 0.3) is 5.91 Å². The van der Waals surface area contributed by atoms with Crippen molar-refractivity contribution in [2.24, 2.45) is 0 Å². The van der Waals surface area contributed by atoms with E-state index in [0.29, 0.717) is 18.0 Å². The Balaban J connectivity index is 1.64. The monoisotopic (exact) mass is 372 g/mol. The molecule has 5 nitrogen and oxygen atoms in total. The van der Waals surface area contributed by atoms with Gasteiger partial charge in [-0.05, 0) is 24.3 Å². The van der Waals surface area contributed by atoms with Crippen LogP contribution in [0.5, 0.6) is 0 Å². The van der Waals surface area contributed by atoms with Crippen molar-refractivity contribution >= 4 is 23.2 Å². The van der Waals surface area contributed by atoms with E-state index in [9.17, 15) is 9.59 Å². The molecule has 0 radical (unpaired) electrons. The number of hydrogen-bond acceptors (Lipinski definition) is 3. The van der Waals surface area contributed by atoms with E-state index < -0.39 is 0 Å². The second-order valence-corrected chi connectivity index (χ2v) is 7.87. The van der Waals surface area contributed by atoms with E-state index in [1.165, 1.54) is 21.8 Å². The van der Waals surface area contributed by atoms with Gasteiger partial charge in [-0.25, -0.2) is 0 Å². The van der Waals surface area contributed by atoms with E-state index >= 15 is 0 Å². The minimum Gasteiger partial charge on any atom is -0.348 e. The number of thiophene rings is 1. The Morgan fingerprint density at radius 2 is 2.00 bits per heavy atom. The Labute approximate surface area is 158 Å². The maximum atomic E-state index is 12.8. The highest BCUT2D eigenvalue weighted by atomic mass is 32.1. The number of carbonyl (C=O) groups is 2. The lowest BCUT2D eigenvalue weighted by Crippen LogP contribution is -3.07. The van der Waals surface area contributed by atoms with Crippen molar-refractivity contribution in [3.63, 3.8) is 0 Å². The van der Waals surface area contributed by atoms with Crippen LogP contribution in [0.25, 0.3) is 0 Å². The Kier molecular flexibility index (Phi) is 6.06. The Morgan fingerprint density at radius 1 is 1.23 bits per heavy atom. The van der Waals surface area contributed by atoms with E-state index in [4.69, 9.17) is 0 Å². The first kappa shape index (κ1) is 18.6. The SMILES string of the molecule is C[NH+](C)[C@H](CNC(=O)[C@H]1CCCN1C(=O)c1cccs1)c1ccccc1. The molecule has 1 saturated heterocycles. The van der Waals surface area contributed by atoms with Crippen LogP contribution in [0.3, 0.4) is 0 Å². The first-order chi connectivity index (χ1) is 12.6. The predicted octanol–water partition coefficient (Wildman–Crippen LogP) is 1.35. The van der Waals surface area contributed by atoms with Crippen molar-refractivity contribution in [1.82, 2.24) is 10.2 Å². The standard InChI is InChI=1S/C20H25N3O2S/c1-22(2)17(15-8-4-3-5-9-15)14-21-19(24)16-10-6-12-23(16)20(25)18-11-7-13-26-18/h3-5,7-9,11,13,16-17H,6,10,12,14H2,1-2H3,(H,21,24)/p+1/t16-,17-/m1/s1. The zero-order valence-electron chi connectivity index (χ0n) is 15.3. The molecule has 1 aromatic heterocycles. The molecule has 3 rings (SSSR count). The normalized spacial score (nSPS) is 18.1. The highest BCUT2D eigenvalue weighted by molar-refractivity contribution is 7.12. The van der Waals surface area contributed by atoms with Gasteiger partial charge in [0.05, 0.1) is 25.5 Å². The van der Waals surface area contributed by atoms with Crippen molar-refractivity contribution in [3.8, 4) is 0 Å². The Hall–Kier alpha value is -2.18. The topological polar surface area (TPSA) is 53.9 Å². The van der Waals surface area contributed by atoms with Crippen molar-refractivity contribution in [3.05, 3.63) is 58.3 Å². The number of likely N-dealkylation sites (tertiary alicyclic amines) is 1. The smallest absolute Gasteiger partial charge is 0.264 e. The Morgan fingerprint density at radius 3 is 2.65 bits per heavy atom. The van der Waals surface area contributed by atoms with E-state index in [1.807, 2.05) is 35.7 Å². The number of nitrogens with zero attached hydrogens (tertiary/aromatic N) is 1. The van der Waals surface area contributed by atoms with Gasteiger partial charge < -0.3 is 15.1 Å². The summed E-state index contributed by atoms with van der Waals surface area (Å²) in [5.74, 6) is -0.0786. The fourth-order valence-electron chi connectivity index (χ4n) is 3.49. The summed E-state index contributed by atoms with van der Waals surface area (Å²) in [6.07, 6.45) is 1.60. The van der Waals surface area contributed by atoms with Crippen molar-refractivity contribution in [2.45, 2.75) is 24.9 Å². The lowest BCUT2D eigenvalue weighted by molar-refractivity contribution is -0.890. The van der Waals surface area contributed by atoms with E-state index in [-0.39, 0.29) is 23.9 Å². The molecule has 2 atom stereocenters. The number of quaternary nitrogens is 1. The van der Waals surface area contributed by atoms with Gasteiger partial charge in [0, 0.05) is 12.1 Å². The fourth-order valence-corrected chi connectivity index (χ4v) is 4.16. The third-order valence-electron chi connectivity index (χ3n) is 4.93. The van der Waals surface area contributed by atoms with Crippen LogP contribution in [0.4, 0.5) is 0 Å². The van der Waals surface area contributed by atoms with Crippen LogP contribution in [0, 0.1) is 0 Å². The molecular formula is C20H26N3O2S+. The number of nitrogens with one attached hydrogen (secondary N) is 2. The summed E-state index contributed by atoms with van der Waals surface area (Å²) in [6.45, 7) is 1.21. The fraction of sp³-hybridized carbons (Fsp3) is 0.400. The molecular weight excluding hydrogens is 346 g/mol. The van der Waals surface area contributed by atoms with E-state index in [2.05, 4.69) is 31.5 Å². The quantitative estimate of drug-likeness (QED) is 0.804. The number of amides is 2. The summed E-state index contributed by atoms with van der Waals surface area (Å²) in [7, 11) is 4.18. The van der Waals surface area contributed by atoms with Gasteiger partial charge in [-0.1, -0.05) is 36.4 Å². The van der Waals surface area contributed by atoms with Crippen molar-refractivity contribution in [2.75, 3.05) is 27.2 Å². The number of carbonyl (C=O) groups excluding carboxylic acids is 2. The molecule has 0 unspecified atom stereocenters. The summed E-state index contributed by atoms with van der Waals surface area (Å²) in [6, 6.07) is 13.7. The average molecular weight is 373 g/mol. The van der Waals surface area contributed by atoms with Crippen LogP contribution in [0.15, 0.2) is 47.8 Å². The first-order valence-electron chi connectivity index (χ1n) is 9.05. The van der Waals surface area contributed by atoms with Crippen molar-refractivity contribution in [1.29, 1.82) is 0 Å². The molecule has 1 fully saturated rings. The molecule has 0 saturated carbocycles. The summed E-state index contributed by atoms with van der Waals surface area (Å²) >= 11 is 1.42. The number of benzene rings is 1. The summed E-state index contributed by atoms with van der Waals surface area (Å²) in [5, 5.41) is 4.98. The second kappa shape index (κ2) is 8.47. The lowest BCUT2D eigenvalue weighted by Gasteiger charge is -2.26. The maximum Gasteiger partial charge on any atom is 0.264 e. The van der Waals surface area contributed by atoms with E-state index in [1.54, 1.807) is 4.90 Å². The average Bonchev–Trinajstić information content (AvgIpc) is 3.33. The van der Waals surface area contributed by atoms with Crippen molar-refractivity contribution < 1.29 is 14.5 Å². The van der Waals surface area contributed by atoms with Gasteiger partial charge in [0.1, 0.15) is 12.1 Å². The molecule has 2 heterocycles. The van der Waals surface area contributed by atoms with Crippen LogP contribution in [-0.2, 0) is 4.79 Å². The molecule has 2 N–H and O–H groups in total. The third kappa shape index (κ3) is 4.14. The number of likely N-dealkylation sites (N-methyl/N-ethyl adjacent to an activating group) is 1. The molecule has 2 amide bonds. The molecule has 2 aromatic rings. The summed E-state index contributed by atoms with van der Waals surface area (Å²) in [5.41, 5.74) is 1.20. The maximum absolute atomic E-state index is 12.8. The first-order valence-corrected chi connectivity index (χ1v) is 9.93. The van der Waals surface area contributed by atoms with Crippen LogP contribution >= 0.6 is 11.3 Å². The molecule has 1 aliphatic heterocycles. The van der Waals surface area contributed by atoms with Crippen LogP contribution in [-0.4, -0.2) is 49.9 Å². The Bertz CT molecular complexity index is 731. The third-order valence-corrected chi connectivity index (χ3v) is 5.79. The van der Waals surface area contributed by atoms with Gasteiger partial charge in [-0.2, -0.15) is 0 Å². The summed E-state index contributed by atoms with van der Waals surface area (Å²) in [4.78, 5) is 29.1. The largest absolute Gasteiger partial charge is 0.348 e. The lowest BCUT2D eigenvalue weighted by atomic mass is 10.1. The van der Waals surface area contributed by atoms with Gasteiger partial charge in [0.15, 0.2) is 0 Å². The van der Waals surface area contributed by atoms with Crippen LogP contribution < -0.4 is 10.2 Å². The predicted molar refractivity (Wildman–Crippen MR) is 103 cm³/mol. The molecule has 1 aliphatic rings.